The maximum absolute atomic E-state index is 12.7. The number of carbonyl (C=O) groups is 3. The van der Waals surface area contributed by atoms with Gasteiger partial charge in [-0.15, -0.1) is 0 Å². The summed E-state index contributed by atoms with van der Waals surface area (Å²) >= 11 is 0. The van der Waals surface area contributed by atoms with E-state index in [4.69, 9.17) is 10.8 Å². The van der Waals surface area contributed by atoms with Crippen LogP contribution in [0, 0.1) is 6.92 Å². The number of aromatic nitrogens is 1. The third-order valence-corrected chi connectivity index (χ3v) is 4.80. The van der Waals surface area contributed by atoms with Gasteiger partial charge in [0.05, 0.1) is 5.69 Å². The van der Waals surface area contributed by atoms with Gasteiger partial charge in [-0.05, 0) is 48.7 Å². The molecule has 0 spiro atoms. The number of aliphatic carboxylic acids is 1. The van der Waals surface area contributed by atoms with Crippen LogP contribution in [0.4, 0.5) is 5.82 Å². The average molecular weight is 382 g/mol. The summed E-state index contributed by atoms with van der Waals surface area (Å²) in [6.45, 7) is 2.19. The van der Waals surface area contributed by atoms with E-state index in [1.807, 2.05) is 31.2 Å². The van der Waals surface area contributed by atoms with Crippen LogP contribution in [0.1, 0.15) is 34.3 Å². The molecule has 1 aliphatic rings. The fraction of sp³-hybridized carbons (Fsp3) is 0.300. The largest absolute Gasteiger partial charge is 0.481 e. The minimum atomic E-state index is -1.04. The highest BCUT2D eigenvalue weighted by molar-refractivity contribution is 6.01. The molecule has 2 aromatic rings. The number of nitrogens with two attached hydrogens (primary N) is 1. The first kappa shape index (κ1) is 19.3. The second-order valence-corrected chi connectivity index (χ2v) is 6.82. The molecular formula is C20H22N4O4. The number of hydrogen-bond donors (Lipinski definition) is 3. The third-order valence-electron chi connectivity index (χ3n) is 4.80. The van der Waals surface area contributed by atoms with Crippen molar-refractivity contribution in [2.45, 2.75) is 32.4 Å². The summed E-state index contributed by atoms with van der Waals surface area (Å²) in [4.78, 5) is 41.3. The van der Waals surface area contributed by atoms with E-state index in [0.29, 0.717) is 5.56 Å². The van der Waals surface area contributed by atoms with Crippen LogP contribution >= 0.6 is 0 Å². The van der Waals surface area contributed by atoms with Crippen molar-refractivity contribution < 1.29 is 19.5 Å². The Hall–Kier alpha value is -3.42. The molecule has 1 atom stereocenters. The summed E-state index contributed by atoms with van der Waals surface area (Å²) in [5, 5.41) is 11.9. The van der Waals surface area contributed by atoms with Crippen LogP contribution in [-0.4, -0.2) is 45.9 Å². The van der Waals surface area contributed by atoms with Gasteiger partial charge in [0.25, 0.3) is 5.91 Å². The summed E-state index contributed by atoms with van der Waals surface area (Å²) in [5.41, 5.74) is 9.36. The molecule has 0 bridgehead atoms. The second kappa shape index (κ2) is 7.67. The molecule has 0 radical (unpaired) electrons. The molecule has 8 heteroatoms. The maximum Gasteiger partial charge on any atom is 0.303 e. The number of fused-ring (bicyclic) bond motifs is 1. The van der Waals surface area contributed by atoms with Crippen LogP contribution in [0.15, 0.2) is 30.3 Å². The fourth-order valence-corrected chi connectivity index (χ4v) is 3.41. The number of primary amides is 1. The van der Waals surface area contributed by atoms with Crippen molar-refractivity contribution in [3.8, 4) is 11.3 Å². The molecule has 1 aliphatic heterocycles. The molecule has 28 heavy (non-hydrogen) atoms. The van der Waals surface area contributed by atoms with E-state index in [1.54, 1.807) is 13.1 Å². The Balaban J connectivity index is 1.90. The molecule has 3 rings (SSSR count). The minimum absolute atomic E-state index is 0.0117. The van der Waals surface area contributed by atoms with E-state index in [0.717, 1.165) is 28.2 Å². The van der Waals surface area contributed by atoms with E-state index < -0.39 is 17.9 Å². The molecule has 1 unspecified atom stereocenters. The van der Waals surface area contributed by atoms with Gasteiger partial charge in [0.1, 0.15) is 11.9 Å². The molecule has 0 aliphatic carbocycles. The summed E-state index contributed by atoms with van der Waals surface area (Å²) < 4.78 is 0. The van der Waals surface area contributed by atoms with Crippen LogP contribution in [0.2, 0.25) is 0 Å². The Bertz CT molecular complexity index is 957. The van der Waals surface area contributed by atoms with E-state index in [-0.39, 0.29) is 25.3 Å². The zero-order valence-corrected chi connectivity index (χ0v) is 15.7. The number of aryl methyl sites for hydroxylation is 1. The van der Waals surface area contributed by atoms with Gasteiger partial charge < -0.3 is 21.1 Å². The Morgan fingerprint density at radius 2 is 2.07 bits per heavy atom. The lowest BCUT2D eigenvalue weighted by Crippen LogP contribution is -2.45. The molecule has 0 fully saturated rings. The minimum Gasteiger partial charge on any atom is -0.481 e. The summed E-state index contributed by atoms with van der Waals surface area (Å²) in [6.07, 6.45) is -0.249. The fourth-order valence-electron chi connectivity index (χ4n) is 3.41. The molecule has 2 amide bonds. The predicted molar refractivity (Wildman–Crippen MR) is 104 cm³/mol. The standard InChI is InChI=1S/C20H22N4O4/c1-11-7-15(23-17(8-11)22-2)12-3-4-14-13(9-12)10-24(20(14)28)16(19(21)27)5-6-18(25)26/h3-4,7-9,16H,5-6,10H2,1-2H3,(H2,21,27)(H,22,23)(H,25,26). The van der Waals surface area contributed by atoms with Crippen molar-refractivity contribution in [3.63, 3.8) is 0 Å². The summed E-state index contributed by atoms with van der Waals surface area (Å²) in [6, 6.07) is 8.35. The predicted octanol–water partition coefficient (Wildman–Crippen LogP) is 1.77. The number of anilines is 1. The quantitative estimate of drug-likeness (QED) is 0.670. The van der Waals surface area contributed by atoms with Gasteiger partial charge in [0.2, 0.25) is 5.91 Å². The SMILES string of the molecule is CNc1cc(C)cc(-c2ccc3c(c2)CN(C(CCC(=O)O)C(N)=O)C3=O)n1. The molecular weight excluding hydrogens is 360 g/mol. The number of amides is 2. The normalized spacial score (nSPS) is 13.9. The van der Waals surface area contributed by atoms with Crippen molar-refractivity contribution in [2.75, 3.05) is 12.4 Å². The first-order valence-electron chi connectivity index (χ1n) is 8.92. The van der Waals surface area contributed by atoms with Gasteiger partial charge in [-0.3, -0.25) is 14.4 Å². The number of nitrogens with one attached hydrogen (secondary N) is 1. The monoisotopic (exact) mass is 382 g/mol. The lowest BCUT2D eigenvalue weighted by molar-refractivity contribution is -0.137. The molecule has 2 heterocycles. The van der Waals surface area contributed by atoms with Gasteiger partial charge in [-0.1, -0.05) is 6.07 Å². The lowest BCUT2D eigenvalue weighted by atomic mass is 10.0. The molecule has 8 nitrogen and oxygen atoms in total. The number of benzene rings is 1. The number of pyridine rings is 1. The van der Waals surface area contributed by atoms with E-state index >= 15 is 0 Å². The van der Waals surface area contributed by atoms with Gasteiger partial charge >= 0.3 is 5.97 Å². The number of carbonyl (C=O) groups excluding carboxylic acids is 2. The number of carboxylic acids is 1. The third kappa shape index (κ3) is 3.80. The van der Waals surface area contributed by atoms with E-state index in [1.165, 1.54) is 4.90 Å². The van der Waals surface area contributed by atoms with Crippen LogP contribution in [0.5, 0.6) is 0 Å². The van der Waals surface area contributed by atoms with Crippen LogP contribution in [-0.2, 0) is 16.1 Å². The highest BCUT2D eigenvalue weighted by Gasteiger charge is 2.35. The smallest absolute Gasteiger partial charge is 0.303 e. The number of rotatable bonds is 7. The van der Waals surface area contributed by atoms with Crippen LogP contribution < -0.4 is 11.1 Å². The number of nitrogens with zero attached hydrogens (tertiary/aromatic N) is 2. The van der Waals surface area contributed by atoms with E-state index in [2.05, 4.69) is 10.3 Å². The zero-order valence-electron chi connectivity index (χ0n) is 15.7. The van der Waals surface area contributed by atoms with Crippen molar-refractivity contribution in [1.29, 1.82) is 0 Å². The molecule has 4 N–H and O–H groups in total. The average Bonchev–Trinajstić information content (AvgIpc) is 2.96. The van der Waals surface area contributed by atoms with Gasteiger partial charge in [0, 0.05) is 31.1 Å². The summed E-state index contributed by atoms with van der Waals surface area (Å²) in [7, 11) is 1.80. The molecule has 1 aromatic carbocycles. The molecule has 146 valence electrons. The first-order chi connectivity index (χ1) is 13.3. The molecule has 0 saturated heterocycles. The van der Waals surface area contributed by atoms with Crippen molar-refractivity contribution in [3.05, 3.63) is 47.0 Å². The lowest BCUT2D eigenvalue weighted by Gasteiger charge is -2.24. The Morgan fingerprint density at radius 3 is 2.71 bits per heavy atom. The van der Waals surface area contributed by atoms with Crippen molar-refractivity contribution >= 4 is 23.6 Å². The Labute approximate surface area is 162 Å². The second-order valence-electron chi connectivity index (χ2n) is 6.82. The van der Waals surface area contributed by atoms with Crippen molar-refractivity contribution in [1.82, 2.24) is 9.88 Å². The van der Waals surface area contributed by atoms with Crippen molar-refractivity contribution in [2.24, 2.45) is 5.73 Å². The Morgan fingerprint density at radius 1 is 1.32 bits per heavy atom. The van der Waals surface area contributed by atoms with Gasteiger partial charge in [-0.2, -0.15) is 0 Å². The Kier molecular flexibility index (Phi) is 5.30. The number of hydrogen-bond acceptors (Lipinski definition) is 5. The van der Waals surface area contributed by atoms with E-state index in [9.17, 15) is 14.4 Å². The van der Waals surface area contributed by atoms with Crippen LogP contribution in [0.25, 0.3) is 11.3 Å². The highest BCUT2D eigenvalue weighted by atomic mass is 16.4. The van der Waals surface area contributed by atoms with Gasteiger partial charge in [0.15, 0.2) is 0 Å². The molecule has 0 saturated carbocycles. The molecule has 1 aromatic heterocycles. The van der Waals surface area contributed by atoms with Gasteiger partial charge in [-0.25, -0.2) is 4.98 Å². The topological polar surface area (TPSA) is 126 Å². The van der Waals surface area contributed by atoms with Crippen LogP contribution in [0.3, 0.4) is 0 Å². The highest BCUT2D eigenvalue weighted by Crippen LogP contribution is 2.30. The maximum atomic E-state index is 12.7. The zero-order chi connectivity index (χ0) is 20.4. The first-order valence-corrected chi connectivity index (χ1v) is 8.92. The number of carboxylic acid groups (broad SMARTS) is 1. The summed E-state index contributed by atoms with van der Waals surface area (Å²) in [5.74, 6) is -1.32.